The van der Waals surface area contributed by atoms with Gasteiger partial charge in [0.05, 0.1) is 18.6 Å². The summed E-state index contributed by atoms with van der Waals surface area (Å²) in [6.07, 6.45) is -2.26. The summed E-state index contributed by atoms with van der Waals surface area (Å²) in [6.45, 7) is 0. The average molecular weight is 270 g/mol. The van der Waals surface area contributed by atoms with Crippen LogP contribution < -0.4 is 5.73 Å². The zero-order valence-electron chi connectivity index (χ0n) is 9.74. The zero-order valence-corrected chi connectivity index (χ0v) is 9.74. The minimum Gasteiger partial charge on any atom is -0.388 e. The van der Waals surface area contributed by atoms with Crippen LogP contribution >= 0.6 is 0 Å². The van der Waals surface area contributed by atoms with Crippen LogP contribution in [0, 0.1) is 5.82 Å². The number of aromatic nitrogens is 3. The van der Waals surface area contributed by atoms with Gasteiger partial charge >= 0.3 is 0 Å². The van der Waals surface area contributed by atoms with Crippen LogP contribution in [0.3, 0.4) is 0 Å². The fourth-order valence-corrected chi connectivity index (χ4v) is 2.51. The average Bonchev–Trinajstić information content (AvgIpc) is 2.92. The molecule has 0 saturated heterocycles. The molecule has 6 nitrogen and oxygen atoms in total. The largest absolute Gasteiger partial charge is 0.388 e. The van der Waals surface area contributed by atoms with Gasteiger partial charge in [-0.1, -0.05) is 0 Å². The topological polar surface area (TPSA) is 97.2 Å². The lowest BCUT2D eigenvalue weighted by Crippen LogP contribution is -2.29. The number of nitrogens with zero attached hydrogens (tertiary/aromatic N) is 3. The van der Waals surface area contributed by atoms with Gasteiger partial charge in [-0.05, 0) is 0 Å². The Morgan fingerprint density at radius 2 is 2.05 bits per heavy atom. The van der Waals surface area contributed by atoms with Crippen molar-refractivity contribution in [1.82, 2.24) is 14.5 Å². The Kier molecular flexibility index (Phi) is 2.64. The molecule has 2 aromatic heterocycles. The van der Waals surface area contributed by atoms with Crippen molar-refractivity contribution in [2.75, 3.05) is 5.73 Å². The number of hydrogen-bond acceptors (Lipinski definition) is 5. The second-order valence-electron chi connectivity index (χ2n) is 4.64. The van der Waals surface area contributed by atoms with E-state index < -0.39 is 30.2 Å². The molecule has 4 N–H and O–H groups in total. The fraction of sp³-hybridized carbons (Fsp3) is 0.455. The van der Waals surface area contributed by atoms with E-state index in [0.717, 1.165) is 6.20 Å². The van der Waals surface area contributed by atoms with E-state index in [4.69, 9.17) is 5.73 Å². The molecule has 0 aromatic carbocycles. The Hall–Kier alpha value is -1.80. The molecule has 102 valence electrons. The van der Waals surface area contributed by atoms with Gasteiger partial charge in [0.25, 0.3) is 0 Å². The van der Waals surface area contributed by atoms with E-state index in [1.165, 1.54) is 10.9 Å². The number of anilines is 1. The molecular weight excluding hydrogens is 258 g/mol. The normalized spacial score (nSPS) is 31.2. The third-order valence-electron chi connectivity index (χ3n) is 3.52. The number of hydrogen-bond donors (Lipinski definition) is 3. The lowest BCUT2D eigenvalue weighted by Gasteiger charge is -2.18. The van der Waals surface area contributed by atoms with Crippen LogP contribution in [0.2, 0.25) is 0 Å². The molecule has 1 fully saturated rings. The Bertz CT molecular complexity index is 632. The first-order valence-corrected chi connectivity index (χ1v) is 5.77. The summed E-state index contributed by atoms with van der Waals surface area (Å²) in [5.74, 6) is -0.606. The predicted octanol–water partition coefficient (Wildman–Crippen LogP) is 0.157. The van der Waals surface area contributed by atoms with Gasteiger partial charge in [-0.25, -0.2) is 18.7 Å². The second-order valence-corrected chi connectivity index (χ2v) is 4.64. The fourth-order valence-electron chi connectivity index (χ4n) is 2.51. The van der Waals surface area contributed by atoms with Crippen LogP contribution in [0.15, 0.2) is 12.5 Å². The van der Waals surface area contributed by atoms with Gasteiger partial charge in [0.1, 0.15) is 29.4 Å². The first-order chi connectivity index (χ1) is 9.00. The van der Waals surface area contributed by atoms with E-state index in [1.54, 1.807) is 0 Å². The van der Waals surface area contributed by atoms with Crippen LogP contribution in [0.25, 0.3) is 11.0 Å². The molecule has 0 bridgehead atoms. The summed E-state index contributed by atoms with van der Waals surface area (Å²) in [5, 5.41) is 19.3. The lowest BCUT2D eigenvalue weighted by atomic mass is 10.2. The molecular formula is C11H12F2N4O2. The third-order valence-corrected chi connectivity index (χ3v) is 3.52. The third kappa shape index (κ3) is 1.67. The maximum absolute atomic E-state index is 13.8. The van der Waals surface area contributed by atoms with Gasteiger partial charge in [0, 0.05) is 6.42 Å². The molecule has 19 heavy (non-hydrogen) atoms. The van der Waals surface area contributed by atoms with E-state index in [0.29, 0.717) is 0 Å². The molecule has 1 aliphatic rings. The highest BCUT2D eigenvalue weighted by Gasteiger charge is 2.43. The highest BCUT2D eigenvalue weighted by atomic mass is 19.1. The van der Waals surface area contributed by atoms with Crippen molar-refractivity contribution in [3.8, 4) is 0 Å². The molecule has 0 radical (unpaired) electrons. The molecule has 8 heteroatoms. The summed E-state index contributed by atoms with van der Waals surface area (Å²) < 4.78 is 28.5. The van der Waals surface area contributed by atoms with Crippen molar-refractivity contribution in [3.63, 3.8) is 0 Å². The molecule has 2 aromatic rings. The Balaban J connectivity index is 2.14. The standard InChI is InChI=1S/C11H12F2N4O2/c12-4-1-6(10(19)9(4)18)17-3-16-7-8(17)5(13)2-15-11(7)14/h2-4,6,9-10,18-19H,1H2,(H2,14,15)/t4-,6+,9+,10-/m0/s1. The molecule has 0 unspecified atom stereocenters. The summed E-state index contributed by atoms with van der Waals surface area (Å²) in [5.41, 5.74) is 5.80. The summed E-state index contributed by atoms with van der Waals surface area (Å²) >= 11 is 0. The van der Waals surface area contributed by atoms with E-state index in [9.17, 15) is 19.0 Å². The van der Waals surface area contributed by atoms with Crippen LogP contribution in [0.4, 0.5) is 14.6 Å². The van der Waals surface area contributed by atoms with Crippen molar-refractivity contribution >= 4 is 16.9 Å². The van der Waals surface area contributed by atoms with E-state index in [1.807, 2.05) is 0 Å². The Morgan fingerprint density at radius 3 is 2.68 bits per heavy atom. The van der Waals surface area contributed by atoms with Crippen LogP contribution in [-0.2, 0) is 0 Å². The van der Waals surface area contributed by atoms with E-state index in [-0.39, 0.29) is 23.3 Å². The second kappa shape index (κ2) is 4.10. The molecule has 1 aliphatic carbocycles. The summed E-state index contributed by atoms with van der Waals surface area (Å²) in [7, 11) is 0. The molecule has 0 aliphatic heterocycles. The number of rotatable bonds is 1. The first kappa shape index (κ1) is 12.2. The van der Waals surface area contributed by atoms with Gasteiger partial charge < -0.3 is 20.5 Å². The number of aliphatic hydroxyl groups is 2. The minimum absolute atomic E-state index is 0.0536. The van der Waals surface area contributed by atoms with Crippen LogP contribution in [0.5, 0.6) is 0 Å². The van der Waals surface area contributed by atoms with Crippen molar-refractivity contribution in [2.45, 2.75) is 30.8 Å². The zero-order chi connectivity index (χ0) is 13.7. The van der Waals surface area contributed by atoms with Gasteiger partial charge in [0.2, 0.25) is 0 Å². The van der Waals surface area contributed by atoms with Crippen molar-refractivity contribution in [3.05, 3.63) is 18.3 Å². The van der Waals surface area contributed by atoms with Crippen molar-refractivity contribution in [2.24, 2.45) is 0 Å². The van der Waals surface area contributed by atoms with Gasteiger partial charge in [0.15, 0.2) is 11.6 Å². The van der Waals surface area contributed by atoms with Gasteiger partial charge in [-0.15, -0.1) is 0 Å². The lowest BCUT2D eigenvalue weighted by molar-refractivity contribution is -0.000952. The number of halogens is 2. The summed E-state index contributed by atoms with van der Waals surface area (Å²) in [4.78, 5) is 7.57. The number of imidazole rings is 1. The molecule has 1 saturated carbocycles. The molecule has 3 rings (SSSR count). The quantitative estimate of drug-likeness (QED) is 0.685. The number of alkyl halides is 1. The number of nitrogens with two attached hydrogens (primary N) is 1. The maximum Gasteiger partial charge on any atom is 0.167 e. The van der Waals surface area contributed by atoms with Gasteiger partial charge in [-0.3, -0.25) is 0 Å². The molecule has 4 atom stereocenters. The maximum atomic E-state index is 13.8. The molecule has 2 heterocycles. The minimum atomic E-state index is -1.56. The number of pyridine rings is 1. The predicted molar refractivity (Wildman–Crippen MR) is 62.5 cm³/mol. The van der Waals surface area contributed by atoms with Crippen LogP contribution in [-0.4, -0.2) is 43.1 Å². The van der Waals surface area contributed by atoms with Crippen molar-refractivity contribution < 1.29 is 19.0 Å². The highest BCUT2D eigenvalue weighted by molar-refractivity contribution is 5.85. The number of aliphatic hydroxyl groups excluding tert-OH is 2. The van der Waals surface area contributed by atoms with Crippen molar-refractivity contribution in [1.29, 1.82) is 0 Å². The highest BCUT2D eigenvalue weighted by Crippen LogP contribution is 2.35. The Labute approximate surface area is 106 Å². The van der Waals surface area contributed by atoms with E-state index in [2.05, 4.69) is 9.97 Å². The van der Waals surface area contributed by atoms with Gasteiger partial charge in [-0.2, -0.15) is 0 Å². The van der Waals surface area contributed by atoms with E-state index >= 15 is 0 Å². The summed E-state index contributed by atoms with van der Waals surface area (Å²) in [6, 6.07) is -0.786. The molecule has 0 amide bonds. The SMILES string of the molecule is Nc1ncc(F)c2c1ncn2[C@@H]1C[C@H](F)[C@@H](O)[C@H]1O. The van der Waals surface area contributed by atoms with Crippen LogP contribution in [0.1, 0.15) is 12.5 Å². The number of nitrogen functional groups attached to an aromatic ring is 1. The number of fused-ring (bicyclic) bond motifs is 1. The first-order valence-electron chi connectivity index (χ1n) is 5.77. The molecule has 0 spiro atoms. The Morgan fingerprint density at radius 1 is 1.32 bits per heavy atom. The smallest absolute Gasteiger partial charge is 0.167 e. The monoisotopic (exact) mass is 270 g/mol.